The number of benzene rings is 1. The maximum absolute atomic E-state index is 14.0. The van der Waals surface area contributed by atoms with Gasteiger partial charge in [0.05, 0.1) is 12.7 Å². The van der Waals surface area contributed by atoms with Crippen molar-refractivity contribution in [3.05, 3.63) is 59.9 Å². The van der Waals surface area contributed by atoms with Gasteiger partial charge in [-0.3, -0.25) is 33.6 Å². The molecule has 86 heavy (non-hydrogen) atoms. The summed E-state index contributed by atoms with van der Waals surface area (Å²) in [7, 11) is 0. The summed E-state index contributed by atoms with van der Waals surface area (Å²) in [5, 5.41) is 16.5. The van der Waals surface area contributed by atoms with E-state index < -0.39 is 95.0 Å². The van der Waals surface area contributed by atoms with Crippen molar-refractivity contribution < 1.29 is 66.8 Å². The first-order chi connectivity index (χ1) is 39.9. The van der Waals surface area contributed by atoms with E-state index in [0.29, 0.717) is 88.6 Å². The normalized spacial score (nSPS) is 12.8. The number of hydrogen-bond acceptors (Lipinski definition) is 19. The molecular formula is C61H99N11O14. The lowest BCUT2D eigenvalue weighted by Crippen LogP contribution is -2.53. The first-order valence-corrected chi connectivity index (χ1v) is 29.7. The second-order valence-electron chi connectivity index (χ2n) is 26.2. The summed E-state index contributed by atoms with van der Waals surface area (Å²) in [5.41, 5.74) is 3.18. The molecule has 2 heterocycles. The summed E-state index contributed by atoms with van der Waals surface area (Å²) in [4.78, 5) is 113. The fourth-order valence-electron chi connectivity index (χ4n) is 8.30. The molecule has 3 rings (SSSR count). The summed E-state index contributed by atoms with van der Waals surface area (Å²) < 4.78 is 37.0. The molecule has 0 aliphatic carbocycles. The van der Waals surface area contributed by atoms with Crippen molar-refractivity contribution in [1.82, 2.24) is 50.3 Å². The molecule has 4 amide bonds. The highest BCUT2D eigenvalue weighted by molar-refractivity contribution is 5.88. The van der Waals surface area contributed by atoms with Crippen LogP contribution in [0.4, 0.5) is 4.79 Å². The molecule has 0 radical (unpaired) electrons. The Bertz CT molecular complexity index is 2610. The molecule has 1 aromatic carbocycles. The van der Waals surface area contributed by atoms with Gasteiger partial charge < -0.3 is 59.6 Å². The number of nitrogens with two attached hydrogens (primary N) is 1. The van der Waals surface area contributed by atoms with Crippen LogP contribution in [-0.2, 0) is 90.0 Å². The van der Waals surface area contributed by atoms with E-state index in [2.05, 4.69) is 36.1 Å². The fraction of sp³-hybridized carbons (Fsp3) is 0.689. The Labute approximate surface area is 508 Å². The lowest BCUT2D eigenvalue weighted by Gasteiger charge is -2.27. The molecule has 0 saturated heterocycles. The van der Waals surface area contributed by atoms with E-state index in [4.69, 9.17) is 34.2 Å². The number of imidazole rings is 1. The summed E-state index contributed by atoms with van der Waals surface area (Å²) in [5.74, 6) is -2.76. The van der Waals surface area contributed by atoms with Gasteiger partial charge in [-0.2, -0.15) is 0 Å². The number of unbranched alkanes of at least 4 members (excludes halogenated alkanes) is 3. The van der Waals surface area contributed by atoms with E-state index in [9.17, 15) is 38.4 Å². The summed E-state index contributed by atoms with van der Waals surface area (Å²) in [6, 6.07) is 4.55. The van der Waals surface area contributed by atoms with Crippen LogP contribution in [0.25, 0.3) is 0 Å². The molecule has 5 N–H and O–H groups in total. The minimum atomic E-state index is -1.23. The third-order valence-electron chi connectivity index (χ3n) is 11.9. The van der Waals surface area contributed by atoms with Gasteiger partial charge >= 0.3 is 35.9 Å². The molecule has 0 spiro atoms. The molecule has 2 atom stereocenters. The van der Waals surface area contributed by atoms with Crippen molar-refractivity contribution >= 4 is 47.7 Å². The van der Waals surface area contributed by atoms with E-state index in [1.54, 1.807) is 125 Å². The van der Waals surface area contributed by atoms with Gasteiger partial charge in [-0.1, -0.05) is 23.8 Å². The van der Waals surface area contributed by atoms with Gasteiger partial charge in [0.25, 0.3) is 0 Å². The zero-order valence-corrected chi connectivity index (χ0v) is 53.8. The average Bonchev–Trinajstić information content (AvgIpc) is 4.12. The Hall–Kier alpha value is -7.15. The van der Waals surface area contributed by atoms with Crippen LogP contribution in [-0.4, -0.2) is 155 Å². The number of rotatable bonds is 34. The van der Waals surface area contributed by atoms with Crippen molar-refractivity contribution in [3.8, 4) is 5.75 Å². The first kappa shape index (κ1) is 73.1. The van der Waals surface area contributed by atoms with Crippen molar-refractivity contribution in [3.63, 3.8) is 0 Å². The second kappa shape index (κ2) is 34.3. The van der Waals surface area contributed by atoms with E-state index in [0.717, 1.165) is 16.9 Å². The van der Waals surface area contributed by atoms with Gasteiger partial charge in [-0.25, -0.2) is 19.4 Å². The highest BCUT2D eigenvalue weighted by Crippen LogP contribution is 2.20. The van der Waals surface area contributed by atoms with E-state index in [-0.39, 0.29) is 44.7 Å². The number of amides is 4. The Kier molecular flexibility index (Phi) is 29.1. The topological polar surface area (TPSA) is 309 Å². The van der Waals surface area contributed by atoms with Crippen LogP contribution >= 0.6 is 0 Å². The number of urea groups is 1. The minimum Gasteiger partial charge on any atom is -0.487 e. The smallest absolute Gasteiger partial charge is 0.329 e. The van der Waals surface area contributed by atoms with Crippen LogP contribution in [0.5, 0.6) is 5.75 Å². The number of nitrogens with zero attached hydrogens (tertiary/aromatic N) is 7. The summed E-state index contributed by atoms with van der Waals surface area (Å²) >= 11 is 0. The molecule has 25 heteroatoms. The fourth-order valence-corrected chi connectivity index (χ4v) is 8.30. The van der Waals surface area contributed by atoms with Crippen LogP contribution in [0.2, 0.25) is 0 Å². The van der Waals surface area contributed by atoms with Crippen molar-refractivity contribution in [1.29, 1.82) is 0 Å². The molecule has 3 aromatic rings. The highest BCUT2D eigenvalue weighted by atomic mass is 16.6. The number of ether oxygens (including phenoxy) is 6. The first-order valence-electron chi connectivity index (χ1n) is 29.7. The molecule has 482 valence electrons. The molecule has 0 fully saturated rings. The average molecular weight is 1210 g/mol. The molecule has 0 aliphatic rings. The Morgan fingerprint density at radius 3 is 1.74 bits per heavy atom. The lowest BCUT2D eigenvalue weighted by molar-refractivity contribution is -0.164. The maximum atomic E-state index is 14.0. The second-order valence-corrected chi connectivity index (χ2v) is 26.2. The van der Waals surface area contributed by atoms with E-state index in [1.807, 2.05) is 30.5 Å². The van der Waals surface area contributed by atoms with Gasteiger partial charge in [-0.05, 0) is 180 Å². The zero-order valence-electron chi connectivity index (χ0n) is 53.8. The Morgan fingerprint density at radius 1 is 0.628 bits per heavy atom. The number of nitrogens with one attached hydrogen (secondary N) is 3. The molecule has 25 nitrogen and oxygen atoms in total. The number of esters is 5. The van der Waals surface area contributed by atoms with Crippen LogP contribution in [0.15, 0.2) is 42.9 Å². The van der Waals surface area contributed by atoms with Gasteiger partial charge in [0.15, 0.2) is 0 Å². The summed E-state index contributed by atoms with van der Waals surface area (Å²) in [6.07, 6.45) is 8.97. The van der Waals surface area contributed by atoms with Crippen molar-refractivity contribution in [2.45, 2.75) is 241 Å². The highest BCUT2D eigenvalue weighted by Gasteiger charge is 2.32. The molecule has 2 aromatic heterocycles. The standard InChI is InChI=1S/C61H99N11O14/c1-57(2,3)82-51(75)29-28-47(55(79)86-61(13,14)15)66-56(80)65-46(54(78)85-60(10,11)12)22-18-19-31-64-49(73)23-17-16-20-33-69(36-43-24-26-45(27-25-43)81-42-44-37-72(68-67-44)34-21-30-62)38-48-63-32-35-70(48)39-50(74)71(40-52(76)83-58(4,5)6)41-53(77)84-59(7,8)9/h24-27,32,35,37,46-47H,16-23,28-31,33-34,36,38-42,62H2,1-15H3,(H,64,73)(H2,65,66,80). The third-order valence-corrected chi connectivity index (χ3v) is 11.9. The van der Waals surface area contributed by atoms with Gasteiger partial charge in [-0.15, -0.1) is 5.10 Å². The van der Waals surface area contributed by atoms with Gasteiger partial charge in [0.2, 0.25) is 11.8 Å². The van der Waals surface area contributed by atoms with E-state index in [1.165, 1.54) is 0 Å². The zero-order chi connectivity index (χ0) is 64.5. The number of carbonyl (C=O) groups excluding carboxylic acids is 8. The van der Waals surface area contributed by atoms with Gasteiger partial charge in [0.1, 0.15) is 83.6 Å². The predicted molar refractivity (Wildman–Crippen MR) is 320 cm³/mol. The lowest BCUT2D eigenvalue weighted by atomic mass is 10.1. The Balaban J connectivity index is 1.65. The van der Waals surface area contributed by atoms with Crippen LogP contribution in [0.3, 0.4) is 0 Å². The maximum Gasteiger partial charge on any atom is 0.329 e. The quantitative estimate of drug-likeness (QED) is 0.0278. The Morgan fingerprint density at radius 2 is 1.19 bits per heavy atom. The predicted octanol–water partition coefficient (Wildman–Crippen LogP) is 6.61. The molecular weight excluding hydrogens is 1110 g/mol. The SMILES string of the molecule is CC(C)(C)OC(=O)CCC(NC(=O)NC(CCCCNC(=O)CCCCCN(Cc1ccc(OCc2cn(CCCN)nn2)cc1)Cc1nccn1CC(=O)N(CC(=O)OC(C)(C)C)CC(=O)OC(C)(C)C)C(=O)OC(C)(C)C)C(=O)OC(C)(C)C. The number of carbonyl (C=O) groups is 8. The number of aryl methyl sites for hydroxylation is 1. The van der Waals surface area contributed by atoms with Crippen LogP contribution < -0.4 is 26.4 Å². The summed E-state index contributed by atoms with van der Waals surface area (Å²) in [6.45, 7) is 27.7. The number of hydrogen-bond donors (Lipinski definition) is 4. The third kappa shape index (κ3) is 32.4. The largest absolute Gasteiger partial charge is 0.487 e. The van der Waals surface area contributed by atoms with Gasteiger partial charge in [0, 0.05) is 44.9 Å². The van der Waals surface area contributed by atoms with E-state index >= 15 is 0 Å². The number of aromatic nitrogens is 5. The molecule has 2 unspecified atom stereocenters. The molecule has 0 bridgehead atoms. The van der Waals surface area contributed by atoms with Crippen molar-refractivity contribution in [2.75, 3.05) is 32.7 Å². The minimum absolute atomic E-state index is 0.107. The van der Waals surface area contributed by atoms with Crippen molar-refractivity contribution in [2.24, 2.45) is 5.73 Å². The molecule has 0 aliphatic heterocycles. The van der Waals surface area contributed by atoms with Crippen LogP contribution in [0, 0.1) is 0 Å². The molecule has 0 saturated carbocycles. The monoisotopic (exact) mass is 1210 g/mol. The van der Waals surface area contributed by atoms with Crippen LogP contribution in [0.1, 0.15) is 185 Å².